The predicted molar refractivity (Wildman–Crippen MR) is 101 cm³/mol. The average Bonchev–Trinajstić information content (AvgIpc) is 2.53. The molecule has 1 heterocycles. The van der Waals surface area contributed by atoms with E-state index in [2.05, 4.69) is 36.7 Å². The van der Waals surface area contributed by atoms with Crippen molar-refractivity contribution in [1.82, 2.24) is 0 Å². The van der Waals surface area contributed by atoms with Crippen molar-refractivity contribution >= 4 is 23.2 Å². The van der Waals surface area contributed by atoms with Crippen LogP contribution >= 0.6 is 0 Å². The van der Waals surface area contributed by atoms with Crippen LogP contribution in [0, 0.1) is 11.6 Å². The smallest absolute Gasteiger partial charge is 0.134 e. The minimum absolute atomic E-state index is 0.157. The van der Waals surface area contributed by atoms with E-state index in [1.54, 1.807) is 18.2 Å². The highest BCUT2D eigenvalue weighted by molar-refractivity contribution is 5.89. The molecule has 0 spiro atoms. The van der Waals surface area contributed by atoms with Gasteiger partial charge in [0.1, 0.15) is 11.6 Å². The molecule has 0 saturated heterocycles. The lowest BCUT2D eigenvalue weighted by molar-refractivity contribution is 0.561. The van der Waals surface area contributed by atoms with E-state index >= 15 is 0 Å². The van der Waals surface area contributed by atoms with Crippen molar-refractivity contribution in [3.63, 3.8) is 0 Å². The molecule has 2 nitrogen and oxygen atoms in total. The van der Waals surface area contributed by atoms with Crippen LogP contribution in [0.1, 0.15) is 38.8 Å². The summed E-state index contributed by atoms with van der Waals surface area (Å²) in [4.78, 5) is 6.39. The maximum absolute atomic E-state index is 14.6. The fourth-order valence-corrected chi connectivity index (χ4v) is 3.49. The summed E-state index contributed by atoms with van der Waals surface area (Å²) < 4.78 is 27.9. The number of hydrogen-bond donors (Lipinski definition) is 0. The molecule has 0 amide bonds. The number of fused-ring (bicyclic) bond motifs is 1. The fourth-order valence-electron chi connectivity index (χ4n) is 3.49. The Morgan fingerprint density at radius 1 is 1.16 bits per heavy atom. The van der Waals surface area contributed by atoms with Gasteiger partial charge in [0.05, 0.1) is 11.2 Å². The van der Waals surface area contributed by atoms with Crippen LogP contribution in [-0.2, 0) is 0 Å². The summed E-state index contributed by atoms with van der Waals surface area (Å²) in [5.41, 5.74) is 3.71. The number of halogens is 2. The van der Waals surface area contributed by atoms with E-state index < -0.39 is 0 Å². The van der Waals surface area contributed by atoms with Gasteiger partial charge in [-0.3, -0.25) is 4.99 Å². The second kappa shape index (κ2) is 6.43. The summed E-state index contributed by atoms with van der Waals surface area (Å²) >= 11 is 0. The minimum atomic E-state index is -0.361. The lowest BCUT2D eigenvalue weighted by Gasteiger charge is -2.42. The Bertz CT molecular complexity index is 866. The molecule has 0 aliphatic carbocycles. The van der Waals surface area contributed by atoms with E-state index in [0.717, 1.165) is 23.4 Å². The topological polar surface area (TPSA) is 15.6 Å². The van der Waals surface area contributed by atoms with Gasteiger partial charge in [0.2, 0.25) is 0 Å². The molecule has 0 aromatic heterocycles. The molecular weight excluding hydrogens is 318 g/mol. The SMILES string of the molecule is CCN1c2cc(F)c(C=Nc3cccc(F)c3)cc2C(C)=CC1(C)C. The van der Waals surface area contributed by atoms with Crippen LogP contribution in [0.5, 0.6) is 0 Å². The van der Waals surface area contributed by atoms with Crippen molar-refractivity contribution in [2.24, 2.45) is 4.99 Å². The Morgan fingerprint density at radius 2 is 1.92 bits per heavy atom. The Morgan fingerprint density at radius 3 is 2.60 bits per heavy atom. The monoisotopic (exact) mass is 340 g/mol. The van der Waals surface area contributed by atoms with Gasteiger partial charge in [-0.05, 0) is 63.6 Å². The number of benzene rings is 2. The van der Waals surface area contributed by atoms with Crippen LogP contribution in [0.3, 0.4) is 0 Å². The molecule has 4 heteroatoms. The highest BCUT2D eigenvalue weighted by atomic mass is 19.1. The first-order valence-corrected chi connectivity index (χ1v) is 8.42. The van der Waals surface area contributed by atoms with E-state index in [9.17, 15) is 8.78 Å². The van der Waals surface area contributed by atoms with Gasteiger partial charge in [0, 0.05) is 29.6 Å². The van der Waals surface area contributed by atoms with Crippen LogP contribution in [-0.4, -0.2) is 18.3 Å². The summed E-state index contributed by atoms with van der Waals surface area (Å²) in [5, 5.41) is 0. The van der Waals surface area contributed by atoms with E-state index in [0.29, 0.717) is 11.3 Å². The lowest BCUT2D eigenvalue weighted by Crippen LogP contribution is -2.45. The zero-order valence-electron chi connectivity index (χ0n) is 15.0. The second-order valence-corrected chi connectivity index (χ2v) is 6.85. The Kier molecular flexibility index (Phi) is 4.46. The molecule has 3 rings (SSSR count). The lowest BCUT2D eigenvalue weighted by atomic mass is 9.88. The molecule has 1 aliphatic heterocycles. The van der Waals surface area contributed by atoms with Crippen LogP contribution < -0.4 is 4.90 Å². The third-order valence-corrected chi connectivity index (χ3v) is 4.57. The zero-order chi connectivity index (χ0) is 18.2. The van der Waals surface area contributed by atoms with E-state index in [1.807, 2.05) is 13.0 Å². The van der Waals surface area contributed by atoms with Crippen molar-refractivity contribution in [3.05, 3.63) is 65.2 Å². The van der Waals surface area contributed by atoms with Crippen molar-refractivity contribution in [2.75, 3.05) is 11.4 Å². The summed E-state index contributed by atoms with van der Waals surface area (Å²) in [6.45, 7) is 9.15. The van der Waals surface area contributed by atoms with Crippen molar-refractivity contribution < 1.29 is 8.78 Å². The molecule has 0 atom stereocenters. The van der Waals surface area contributed by atoms with Gasteiger partial charge < -0.3 is 4.90 Å². The van der Waals surface area contributed by atoms with Crippen LogP contribution in [0.25, 0.3) is 5.57 Å². The quantitative estimate of drug-likeness (QED) is 0.651. The van der Waals surface area contributed by atoms with Crippen LogP contribution in [0.4, 0.5) is 20.2 Å². The molecule has 0 radical (unpaired) electrons. The van der Waals surface area contributed by atoms with Crippen LogP contribution in [0.2, 0.25) is 0 Å². The molecule has 2 aromatic rings. The van der Waals surface area contributed by atoms with Crippen LogP contribution in [0.15, 0.2) is 47.5 Å². The second-order valence-electron chi connectivity index (χ2n) is 6.85. The standard InChI is InChI=1S/C21H22F2N2/c1-5-25-20-11-19(23)15(9-18(20)14(2)12-21(25,3)4)13-24-17-8-6-7-16(22)10-17/h6-13H,5H2,1-4H3. The maximum Gasteiger partial charge on any atom is 0.134 e. The Labute approximate surface area is 147 Å². The van der Waals surface area contributed by atoms with Crippen molar-refractivity contribution in [3.8, 4) is 0 Å². The van der Waals surface area contributed by atoms with E-state index in [-0.39, 0.29) is 17.2 Å². The zero-order valence-corrected chi connectivity index (χ0v) is 15.0. The molecule has 0 fully saturated rings. The maximum atomic E-state index is 14.6. The average molecular weight is 340 g/mol. The first kappa shape index (κ1) is 17.3. The van der Waals surface area contributed by atoms with Gasteiger partial charge in [-0.25, -0.2) is 8.78 Å². The third kappa shape index (κ3) is 3.34. The number of rotatable bonds is 3. The number of hydrogen-bond acceptors (Lipinski definition) is 2. The first-order valence-electron chi connectivity index (χ1n) is 8.42. The third-order valence-electron chi connectivity index (χ3n) is 4.57. The highest BCUT2D eigenvalue weighted by Gasteiger charge is 2.30. The molecule has 130 valence electrons. The van der Waals surface area contributed by atoms with Crippen molar-refractivity contribution in [1.29, 1.82) is 0 Å². The molecule has 1 aliphatic rings. The Balaban J connectivity index is 2.03. The van der Waals surface area contributed by atoms with Gasteiger partial charge >= 0.3 is 0 Å². The molecule has 0 N–H and O–H groups in total. The summed E-state index contributed by atoms with van der Waals surface area (Å²) in [5.74, 6) is -0.692. The molecule has 2 aromatic carbocycles. The predicted octanol–water partition coefficient (Wildman–Crippen LogP) is 5.74. The summed E-state index contributed by atoms with van der Waals surface area (Å²) in [6.07, 6.45) is 3.65. The molecule has 25 heavy (non-hydrogen) atoms. The summed E-state index contributed by atoms with van der Waals surface area (Å²) in [6, 6.07) is 9.33. The molecule has 0 unspecified atom stereocenters. The number of likely N-dealkylation sites (N-methyl/N-ethyl adjacent to an activating group) is 1. The normalized spacial score (nSPS) is 16.1. The van der Waals surface area contributed by atoms with Gasteiger partial charge in [-0.2, -0.15) is 0 Å². The largest absolute Gasteiger partial charge is 0.363 e. The Hall–Kier alpha value is -2.49. The minimum Gasteiger partial charge on any atom is -0.363 e. The van der Waals surface area contributed by atoms with Gasteiger partial charge in [0.15, 0.2) is 0 Å². The van der Waals surface area contributed by atoms with Gasteiger partial charge in [0.25, 0.3) is 0 Å². The summed E-state index contributed by atoms with van der Waals surface area (Å²) in [7, 11) is 0. The molecule has 0 bridgehead atoms. The highest BCUT2D eigenvalue weighted by Crippen LogP contribution is 2.39. The molecular formula is C21H22F2N2. The van der Waals surface area contributed by atoms with Crippen molar-refractivity contribution in [2.45, 2.75) is 33.2 Å². The number of nitrogens with zero attached hydrogens (tertiary/aromatic N) is 2. The number of aliphatic imine (C=N–C) groups is 1. The van der Waals surface area contributed by atoms with E-state index in [1.165, 1.54) is 18.3 Å². The number of allylic oxidation sites excluding steroid dienone is 1. The van der Waals surface area contributed by atoms with Gasteiger partial charge in [-0.15, -0.1) is 0 Å². The van der Waals surface area contributed by atoms with E-state index in [4.69, 9.17) is 0 Å². The molecule has 0 saturated carbocycles. The fraction of sp³-hybridized carbons (Fsp3) is 0.286. The number of anilines is 1. The van der Waals surface area contributed by atoms with Gasteiger partial charge in [-0.1, -0.05) is 12.1 Å². The first-order chi connectivity index (χ1) is 11.8.